The van der Waals surface area contributed by atoms with Crippen LogP contribution in [0.3, 0.4) is 0 Å². The van der Waals surface area contributed by atoms with Crippen LogP contribution < -0.4 is 23.8 Å². The van der Waals surface area contributed by atoms with E-state index in [1.54, 1.807) is 37.4 Å². The molecule has 11 heteroatoms. The number of rotatable bonds is 10. The smallest absolute Gasteiger partial charge is 0.244 e. The minimum absolute atomic E-state index is 0.0337. The summed E-state index contributed by atoms with van der Waals surface area (Å²) in [6, 6.07) is 11.0. The minimum atomic E-state index is -3.86. The first kappa shape index (κ1) is 28.1. The van der Waals surface area contributed by atoms with Crippen LogP contribution in [0.2, 0.25) is 0 Å². The molecule has 0 fully saturated rings. The summed E-state index contributed by atoms with van der Waals surface area (Å²) in [5.74, 6) is 0.646. The van der Waals surface area contributed by atoms with Crippen molar-refractivity contribution in [3.05, 3.63) is 48.0 Å². The molecule has 1 unspecified atom stereocenters. The van der Waals surface area contributed by atoms with Crippen LogP contribution in [0.25, 0.3) is 0 Å². The molecule has 37 heavy (non-hydrogen) atoms. The monoisotopic (exact) mass is 533 g/mol. The van der Waals surface area contributed by atoms with E-state index in [2.05, 4.69) is 5.32 Å². The Labute approximate surface area is 218 Å². The summed E-state index contributed by atoms with van der Waals surface area (Å²) in [5.41, 5.74) is 0.484. The molecule has 2 aromatic carbocycles. The molecule has 0 aliphatic carbocycles. The van der Waals surface area contributed by atoms with Crippen LogP contribution in [0.4, 0.5) is 5.69 Å². The molecule has 0 aromatic heterocycles. The van der Waals surface area contributed by atoms with Gasteiger partial charge in [0.15, 0.2) is 11.5 Å². The van der Waals surface area contributed by atoms with Gasteiger partial charge >= 0.3 is 0 Å². The van der Waals surface area contributed by atoms with Crippen molar-refractivity contribution in [2.24, 2.45) is 0 Å². The lowest BCUT2D eigenvalue weighted by molar-refractivity contribution is -0.141. The third-order valence-corrected chi connectivity index (χ3v) is 6.84. The second-order valence-electron chi connectivity index (χ2n) is 9.84. The number of benzene rings is 2. The lowest BCUT2D eigenvalue weighted by atomic mass is 10.1. The molecule has 0 saturated carbocycles. The maximum absolute atomic E-state index is 13.8. The Balaban J connectivity index is 1.97. The fourth-order valence-electron chi connectivity index (χ4n) is 3.99. The molecule has 1 N–H and O–H groups in total. The van der Waals surface area contributed by atoms with E-state index in [0.717, 1.165) is 16.1 Å². The van der Waals surface area contributed by atoms with Gasteiger partial charge in [0.25, 0.3) is 0 Å². The van der Waals surface area contributed by atoms with Crippen molar-refractivity contribution in [1.82, 2.24) is 10.2 Å². The van der Waals surface area contributed by atoms with Crippen LogP contribution in [0.15, 0.2) is 42.5 Å². The zero-order chi connectivity index (χ0) is 27.4. The summed E-state index contributed by atoms with van der Waals surface area (Å²) in [7, 11) is -2.32. The van der Waals surface area contributed by atoms with Gasteiger partial charge in [-0.05, 0) is 57.0 Å². The highest BCUT2D eigenvalue weighted by molar-refractivity contribution is 7.92. The third kappa shape index (κ3) is 7.28. The minimum Gasteiger partial charge on any atom is -0.497 e. The van der Waals surface area contributed by atoms with Crippen molar-refractivity contribution in [3.63, 3.8) is 0 Å². The molecule has 0 spiro atoms. The molecule has 2 amide bonds. The Morgan fingerprint density at radius 2 is 1.81 bits per heavy atom. The first-order valence-corrected chi connectivity index (χ1v) is 13.8. The predicted molar refractivity (Wildman–Crippen MR) is 140 cm³/mol. The van der Waals surface area contributed by atoms with Crippen molar-refractivity contribution in [2.75, 3.05) is 31.0 Å². The van der Waals surface area contributed by atoms with E-state index in [0.29, 0.717) is 23.7 Å². The predicted octanol–water partition coefficient (Wildman–Crippen LogP) is 2.91. The lowest BCUT2D eigenvalue weighted by Gasteiger charge is -2.34. The summed E-state index contributed by atoms with van der Waals surface area (Å²) in [4.78, 5) is 28.4. The Morgan fingerprint density at radius 1 is 1.11 bits per heavy atom. The molecule has 1 aliphatic heterocycles. The van der Waals surface area contributed by atoms with E-state index in [1.165, 1.54) is 11.0 Å². The van der Waals surface area contributed by atoms with Crippen molar-refractivity contribution in [3.8, 4) is 17.2 Å². The fraction of sp³-hybridized carbons (Fsp3) is 0.462. The number of fused-ring (bicyclic) bond motifs is 1. The SMILES string of the molecule is CCC(C(=O)NC(C)(C)C)N(Cc1cccc(OC)c1)C(=O)CN(c1ccc2c(c1)OCO2)S(C)(=O)=O. The number of amides is 2. The molecule has 202 valence electrons. The van der Waals surface area contributed by atoms with Gasteiger partial charge in [0.2, 0.25) is 28.6 Å². The van der Waals surface area contributed by atoms with E-state index >= 15 is 0 Å². The Kier molecular flexibility index (Phi) is 8.57. The molecule has 0 radical (unpaired) electrons. The Bertz CT molecular complexity index is 1240. The Hall–Kier alpha value is -3.47. The van der Waals surface area contributed by atoms with Crippen LogP contribution in [-0.4, -0.2) is 63.4 Å². The second-order valence-corrected chi connectivity index (χ2v) is 11.8. The van der Waals surface area contributed by atoms with Gasteiger partial charge in [-0.3, -0.25) is 13.9 Å². The Morgan fingerprint density at radius 3 is 2.43 bits per heavy atom. The maximum atomic E-state index is 13.8. The molecular formula is C26H35N3O7S. The van der Waals surface area contributed by atoms with Gasteiger partial charge in [-0.15, -0.1) is 0 Å². The van der Waals surface area contributed by atoms with Crippen LogP contribution in [0.5, 0.6) is 17.2 Å². The van der Waals surface area contributed by atoms with Gasteiger partial charge in [-0.2, -0.15) is 0 Å². The zero-order valence-electron chi connectivity index (χ0n) is 22.1. The first-order valence-electron chi connectivity index (χ1n) is 11.9. The maximum Gasteiger partial charge on any atom is 0.244 e. The quantitative estimate of drug-likeness (QED) is 0.499. The van der Waals surface area contributed by atoms with Gasteiger partial charge in [0.1, 0.15) is 18.3 Å². The average Bonchev–Trinajstić information content (AvgIpc) is 3.28. The molecule has 2 aromatic rings. The van der Waals surface area contributed by atoms with E-state index < -0.39 is 34.1 Å². The molecule has 1 atom stereocenters. The highest BCUT2D eigenvalue weighted by atomic mass is 32.2. The zero-order valence-corrected chi connectivity index (χ0v) is 22.9. The van der Waals surface area contributed by atoms with Gasteiger partial charge in [-0.1, -0.05) is 19.1 Å². The fourth-order valence-corrected chi connectivity index (χ4v) is 4.84. The number of carbonyl (C=O) groups is 2. The van der Waals surface area contributed by atoms with E-state index in [-0.39, 0.29) is 24.9 Å². The third-order valence-electron chi connectivity index (χ3n) is 5.69. The van der Waals surface area contributed by atoms with Gasteiger partial charge in [0.05, 0.1) is 19.1 Å². The molecule has 0 saturated heterocycles. The highest BCUT2D eigenvalue weighted by Gasteiger charge is 2.33. The number of ether oxygens (including phenoxy) is 3. The number of hydrogen-bond donors (Lipinski definition) is 1. The number of sulfonamides is 1. The summed E-state index contributed by atoms with van der Waals surface area (Å²) >= 11 is 0. The second kappa shape index (κ2) is 11.3. The van der Waals surface area contributed by atoms with Crippen molar-refractivity contribution in [2.45, 2.75) is 52.2 Å². The van der Waals surface area contributed by atoms with Crippen molar-refractivity contribution < 1.29 is 32.2 Å². The topological polar surface area (TPSA) is 114 Å². The number of nitrogens with zero attached hydrogens (tertiary/aromatic N) is 2. The van der Waals surface area contributed by atoms with Crippen LogP contribution in [0.1, 0.15) is 39.7 Å². The van der Waals surface area contributed by atoms with E-state index in [9.17, 15) is 18.0 Å². The van der Waals surface area contributed by atoms with Gasteiger partial charge < -0.3 is 24.4 Å². The standard InChI is InChI=1S/C26H35N3O7S/c1-7-21(25(31)27-26(2,3)4)28(15-18-9-8-10-20(13-18)34-5)24(30)16-29(37(6,32)33)19-11-12-22-23(14-19)36-17-35-22/h8-14,21H,7,15-17H2,1-6H3,(H,27,31). The molecule has 10 nitrogen and oxygen atoms in total. The van der Waals surface area contributed by atoms with Crippen LogP contribution >= 0.6 is 0 Å². The lowest BCUT2D eigenvalue weighted by Crippen LogP contribution is -2.55. The van der Waals surface area contributed by atoms with Crippen LogP contribution in [0, 0.1) is 0 Å². The highest BCUT2D eigenvalue weighted by Crippen LogP contribution is 2.36. The molecule has 1 heterocycles. The first-order chi connectivity index (χ1) is 17.3. The normalized spacial score (nSPS) is 13.6. The molecular weight excluding hydrogens is 498 g/mol. The number of anilines is 1. The van der Waals surface area contributed by atoms with E-state index in [4.69, 9.17) is 14.2 Å². The summed E-state index contributed by atoms with van der Waals surface area (Å²) in [6.07, 6.45) is 1.36. The molecule has 0 bridgehead atoms. The summed E-state index contributed by atoms with van der Waals surface area (Å²) < 4.78 is 42.6. The number of nitrogens with one attached hydrogen (secondary N) is 1. The average molecular weight is 534 g/mol. The largest absolute Gasteiger partial charge is 0.497 e. The van der Waals surface area contributed by atoms with Gasteiger partial charge in [-0.25, -0.2) is 8.42 Å². The summed E-state index contributed by atoms with van der Waals surface area (Å²) in [6.45, 7) is 7.01. The van der Waals surface area contributed by atoms with Crippen LogP contribution in [-0.2, 0) is 26.2 Å². The van der Waals surface area contributed by atoms with Crippen molar-refractivity contribution in [1.29, 1.82) is 0 Å². The van der Waals surface area contributed by atoms with Gasteiger partial charge in [0, 0.05) is 18.2 Å². The molecule has 3 rings (SSSR count). The molecule has 1 aliphatic rings. The summed E-state index contributed by atoms with van der Waals surface area (Å²) in [5, 5.41) is 2.94. The number of hydrogen-bond acceptors (Lipinski definition) is 7. The number of carbonyl (C=O) groups excluding carboxylic acids is 2. The van der Waals surface area contributed by atoms with Crippen molar-refractivity contribution >= 4 is 27.5 Å². The van der Waals surface area contributed by atoms with E-state index in [1.807, 2.05) is 33.8 Å². The number of methoxy groups -OCH3 is 1.